The van der Waals surface area contributed by atoms with Crippen LogP contribution in [0.15, 0.2) is 58.8 Å². The van der Waals surface area contributed by atoms with Crippen LogP contribution in [0.3, 0.4) is 0 Å². The first-order chi connectivity index (χ1) is 10.2. The van der Waals surface area contributed by atoms with Crippen molar-refractivity contribution in [2.24, 2.45) is 10.2 Å². The van der Waals surface area contributed by atoms with Crippen LogP contribution in [0, 0.1) is 0 Å². The number of amides is 1. The third-order valence-corrected chi connectivity index (χ3v) is 2.52. The number of phenolic OH excluding ortho intramolecular Hbond substituents is 1. The highest BCUT2D eigenvalue weighted by Crippen LogP contribution is 2.31. The number of nitrogens with zero attached hydrogens (tertiary/aromatic N) is 2. The third-order valence-electron chi connectivity index (χ3n) is 2.52. The van der Waals surface area contributed by atoms with Crippen LogP contribution >= 0.6 is 0 Å². The maximum Gasteiger partial charge on any atom is 0.254 e. The Morgan fingerprint density at radius 2 is 1.67 bits per heavy atom. The second-order valence-electron chi connectivity index (χ2n) is 3.79. The van der Waals surface area contributed by atoms with Gasteiger partial charge in [0.25, 0.3) is 5.91 Å². The van der Waals surface area contributed by atoms with Crippen LogP contribution in [0.2, 0.25) is 0 Å². The van der Waals surface area contributed by atoms with Gasteiger partial charge in [-0.05, 0) is 24.3 Å². The second-order valence-corrected chi connectivity index (χ2v) is 3.79. The van der Waals surface area contributed by atoms with Crippen LogP contribution in [-0.4, -0.2) is 18.1 Å². The molecule has 0 fully saturated rings. The molecule has 21 heavy (non-hydrogen) atoms. The van der Waals surface area contributed by atoms with Crippen molar-refractivity contribution in [3.63, 3.8) is 0 Å². The highest BCUT2D eigenvalue weighted by Gasteiger charge is 2.12. The van der Waals surface area contributed by atoms with Gasteiger partial charge >= 0.3 is 0 Å². The fourth-order valence-electron chi connectivity index (χ4n) is 1.54. The highest BCUT2D eigenvalue weighted by atomic mass is 16.3. The van der Waals surface area contributed by atoms with Gasteiger partial charge in [-0.3, -0.25) is 4.79 Å². The molecule has 0 saturated heterocycles. The zero-order valence-electron chi connectivity index (χ0n) is 12.4. The number of carbonyl (C=O) groups excluding carboxylic acids is 1. The molecule has 0 aliphatic heterocycles. The largest absolute Gasteiger partial charge is 0.505 e. The topological polar surface area (TPSA) is 74.0 Å². The van der Waals surface area contributed by atoms with Crippen molar-refractivity contribution in [3.05, 3.63) is 54.1 Å². The normalized spacial score (nSPS) is 9.86. The lowest BCUT2D eigenvalue weighted by molar-refractivity contribution is 0.0960. The molecule has 0 atom stereocenters. The number of hydrogen-bond donors (Lipinski definition) is 2. The Bertz CT molecular complexity index is 610. The van der Waals surface area contributed by atoms with Crippen LogP contribution in [0.1, 0.15) is 24.2 Å². The van der Waals surface area contributed by atoms with Crippen molar-refractivity contribution in [2.45, 2.75) is 13.8 Å². The Labute approximate surface area is 124 Å². The summed E-state index contributed by atoms with van der Waals surface area (Å²) in [6.45, 7) is 4.00. The lowest BCUT2D eigenvalue weighted by atomic mass is 10.1. The molecule has 2 aromatic rings. The molecular weight excluding hydrogens is 266 g/mol. The van der Waals surface area contributed by atoms with E-state index in [0.717, 1.165) is 0 Å². The van der Waals surface area contributed by atoms with E-state index in [1.807, 2.05) is 32.0 Å². The van der Waals surface area contributed by atoms with Crippen molar-refractivity contribution in [3.8, 4) is 5.75 Å². The fraction of sp³-hybridized carbons (Fsp3) is 0.188. The average molecular weight is 285 g/mol. The second kappa shape index (κ2) is 8.47. The zero-order valence-corrected chi connectivity index (χ0v) is 12.4. The molecule has 0 radical (unpaired) electrons. The molecule has 0 unspecified atom stereocenters. The molecule has 2 N–H and O–H groups in total. The number of azo groups is 1. The van der Waals surface area contributed by atoms with E-state index in [0.29, 0.717) is 5.69 Å². The maximum absolute atomic E-state index is 11.5. The molecule has 5 heteroatoms. The standard InChI is InChI=1S/C14H13N3O2.C2H6/c1-15-14(19)11-8-5-9-12(13(11)18)17-16-10-6-3-2-4-7-10;1-2/h2-9,18H,1H3,(H,15,19);1-2H3. The first-order valence-corrected chi connectivity index (χ1v) is 6.73. The van der Waals surface area contributed by atoms with Crippen molar-refractivity contribution in [1.82, 2.24) is 5.32 Å². The van der Waals surface area contributed by atoms with Gasteiger partial charge in [-0.2, -0.15) is 5.11 Å². The van der Waals surface area contributed by atoms with Gasteiger partial charge in [-0.25, -0.2) is 0 Å². The lowest BCUT2D eigenvalue weighted by Gasteiger charge is -2.04. The summed E-state index contributed by atoms with van der Waals surface area (Å²) >= 11 is 0. The van der Waals surface area contributed by atoms with E-state index in [2.05, 4.69) is 15.5 Å². The van der Waals surface area contributed by atoms with E-state index < -0.39 is 0 Å². The molecular formula is C16H19N3O2. The number of rotatable bonds is 3. The van der Waals surface area contributed by atoms with E-state index in [4.69, 9.17) is 0 Å². The van der Waals surface area contributed by atoms with Gasteiger partial charge in [-0.1, -0.05) is 38.1 Å². The number of para-hydroxylation sites is 1. The molecule has 0 bridgehead atoms. The summed E-state index contributed by atoms with van der Waals surface area (Å²) < 4.78 is 0. The zero-order chi connectivity index (χ0) is 15.7. The van der Waals surface area contributed by atoms with Crippen molar-refractivity contribution in [2.75, 3.05) is 7.05 Å². The predicted molar refractivity (Wildman–Crippen MR) is 83.5 cm³/mol. The molecule has 0 saturated carbocycles. The summed E-state index contributed by atoms with van der Waals surface area (Å²) in [5, 5.41) is 20.4. The van der Waals surface area contributed by atoms with Gasteiger partial charge in [0.2, 0.25) is 0 Å². The Kier molecular flexibility index (Phi) is 6.60. The van der Waals surface area contributed by atoms with Crippen LogP contribution in [0.5, 0.6) is 5.75 Å². The van der Waals surface area contributed by atoms with Gasteiger partial charge in [0.05, 0.1) is 11.3 Å². The summed E-state index contributed by atoms with van der Waals surface area (Å²) in [5.41, 5.74) is 1.10. The molecule has 0 heterocycles. The lowest BCUT2D eigenvalue weighted by Crippen LogP contribution is -2.17. The van der Waals surface area contributed by atoms with E-state index in [9.17, 15) is 9.90 Å². The molecule has 2 aromatic carbocycles. The Morgan fingerprint density at radius 3 is 2.29 bits per heavy atom. The minimum absolute atomic E-state index is 0.173. The summed E-state index contributed by atoms with van der Waals surface area (Å²) in [6, 6.07) is 13.9. The Balaban J connectivity index is 0.00000106. The third kappa shape index (κ3) is 4.42. The van der Waals surface area contributed by atoms with Crippen molar-refractivity contribution < 1.29 is 9.90 Å². The SMILES string of the molecule is CC.CNC(=O)c1cccc(N=Nc2ccccc2)c1O. The molecule has 1 amide bonds. The first-order valence-electron chi connectivity index (χ1n) is 6.73. The number of aromatic hydroxyl groups is 1. The van der Waals surface area contributed by atoms with Gasteiger partial charge in [0.1, 0.15) is 5.69 Å². The number of hydrogen-bond acceptors (Lipinski definition) is 4. The van der Waals surface area contributed by atoms with E-state index in [-0.39, 0.29) is 22.9 Å². The Morgan fingerprint density at radius 1 is 1.00 bits per heavy atom. The molecule has 0 aliphatic carbocycles. The molecule has 110 valence electrons. The van der Waals surface area contributed by atoms with Crippen molar-refractivity contribution in [1.29, 1.82) is 0 Å². The van der Waals surface area contributed by atoms with Crippen LogP contribution in [0.25, 0.3) is 0 Å². The van der Waals surface area contributed by atoms with Crippen LogP contribution < -0.4 is 5.32 Å². The summed E-state index contributed by atoms with van der Waals surface area (Å²) in [4.78, 5) is 11.5. The van der Waals surface area contributed by atoms with Crippen molar-refractivity contribution >= 4 is 17.3 Å². The summed E-state index contributed by atoms with van der Waals surface area (Å²) in [5.74, 6) is -0.546. The quantitative estimate of drug-likeness (QED) is 0.830. The van der Waals surface area contributed by atoms with E-state index in [1.165, 1.54) is 13.1 Å². The Hall–Kier alpha value is -2.69. The molecule has 0 aromatic heterocycles. The van der Waals surface area contributed by atoms with Gasteiger partial charge in [-0.15, -0.1) is 5.11 Å². The minimum atomic E-state index is -0.366. The molecule has 2 rings (SSSR count). The predicted octanol–water partition coefficient (Wildman–Crippen LogP) is 4.19. The van der Waals surface area contributed by atoms with E-state index in [1.54, 1.807) is 24.3 Å². The smallest absolute Gasteiger partial charge is 0.254 e. The molecule has 5 nitrogen and oxygen atoms in total. The summed E-state index contributed by atoms with van der Waals surface area (Å²) in [6.07, 6.45) is 0. The fourth-order valence-corrected chi connectivity index (χ4v) is 1.54. The van der Waals surface area contributed by atoms with Crippen LogP contribution in [-0.2, 0) is 0 Å². The maximum atomic E-state index is 11.5. The highest BCUT2D eigenvalue weighted by molar-refractivity contribution is 5.98. The number of carbonyl (C=O) groups is 1. The minimum Gasteiger partial charge on any atom is -0.505 e. The summed E-state index contributed by atoms with van der Waals surface area (Å²) in [7, 11) is 1.50. The first kappa shape index (κ1) is 16.4. The van der Waals surface area contributed by atoms with Crippen LogP contribution in [0.4, 0.5) is 11.4 Å². The average Bonchev–Trinajstić information content (AvgIpc) is 2.56. The molecule has 0 aliphatic rings. The monoisotopic (exact) mass is 285 g/mol. The van der Waals surface area contributed by atoms with Gasteiger partial charge in [0, 0.05) is 7.05 Å². The molecule has 0 spiro atoms. The van der Waals surface area contributed by atoms with Gasteiger partial charge in [0.15, 0.2) is 5.75 Å². The number of benzene rings is 2. The number of phenols is 1. The van der Waals surface area contributed by atoms with Gasteiger partial charge < -0.3 is 10.4 Å². The van der Waals surface area contributed by atoms with E-state index >= 15 is 0 Å². The number of nitrogens with one attached hydrogen (secondary N) is 1.